The number of nitrogens with zero attached hydrogens (tertiary/aromatic N) is 1. The highest BCUT2D eigenvalue weighted by Crippen LogP contribution is 2.54. The molecule has 0 radical (unpaired) electrons. The van der Waals surface area contributed by atoms with Gasteiger partial charge in [-0.3, -0.25) is 0 Å². The summed E-state index contributed by atoms with van der Waals surface area (Å²) >= 11 is 5.62. The highest BCUT2D eigenvalue weighted by Gasteiger charge is 2.86. The van der Waals surface area contributed by atoms with Crippen molar-refractivity contribution in [1.29, 1.82) is 0 Å². The summed E-state index contributed by atoms with van der Waals surface area (Å²) in [4.78, 5) is 14.3. The number of hydrogen-bond acceptors (Lipinski definition) is 3. The predicted molar refractivity (Wildman–Crippen MR) is 50.2 cm³/mol. The van der Waals surface area contributed by atoms with Gasteiger partial charge >= 0.3 is 12.4 Å². The summed E-state index contributed by atoms with van der Waals surface area (Å²) in [5.41, 5.74) is -4.03. The predicted octanol–water partition coefficient (Wildman–Crippen LogP) is 1.000. The summed E-state index contributed by atoms with van der Waals surface area (Å²) in [6.07, 6.45) is -13.3. The van der Waals surface area contributed by atoms with Crippen LogP contribution in [0.3, 0.4) is 0 Å². The van der Waals surface area contributed by atoms with E-state index < -0.39 is 52.8 Å². The Morgan fingerprint density at radius 2 is 1.75 bits per heavy atom. The molecule has 20 heavy (non-hydrogen) atoms. The van der Waals surface area contributed by atoms with Gasteiger partial charge in [0.15, 0.2) is 6.10 Å². The Balaban J connectivity index is 2.37. The molecule has 2 aliphatic rings. The molecule has 0 aromatic heterocycles. The summed E-state index contributed by atoms with van der Waals surface area (Å²) in [5, 5.41) is 7.44. The van der Waals surface area contributed by atoms with Crippen LogP contribution in [-0.4, -0.2) is 40.5 Å². The van der Waals surface area contributed by atoms with E-state index in [0.717, 1.165) is 0 Å². The maximum Gasteiger partial charge on any atom is 0.454 e. The smallest absolute Gasteiger partial charge is 0.320 e. The molecule has 1 saturated carbocycles. The molecule has 12 heteroatoms. The Labute approximate surface area is 112 Å². The normalized spacial score (nSPS) is 36.1. The highest BCUT2D eigenvalue weighted by atomic mass is 35.5. The minimum Gasteiger partial charge on any atom is -0.320 e. The monoisotopic (exact) mass is 329 g/mol. The van der Waals surface area contributed by atoms with Crippen LogP contribution in [0.25, 0.3) is 0 Å². The lowest BCUT2D eigenvalue weighted by molar-refractivity contribution is -0.831. The zero-order valence-electron chi connectivity index (χ0n) is 9.41. The molecule has 0 aromatic carbocycles. The molecule has 2 N–H and O–H groups in total. The zero-order valence-corrected chi connectivity index (χ0v) is 10.2. The van der Waals surface area contributed by atoms with E-state index in [1.54, 1.807) is 0 Å². The molecule has 2 fully saturated rings. The van der Waals surface area contributed by atoms with Gasteiger partial charge in [-0.15, -0.1) is 21.7 Å². The summed E-state index contributed by atoms with van der Waals surface area (Å²) in [5.74, 6) is -2.03. The van der Waals surface area contributed by atoms with Gasteiger partial charge < -0.3 is 10.2 Å². The number of fused-ring (bicyclic) bond motifs is 2. The van der Waals surface area contributed by atoms with Gasteiger partial charge in [-0.1, -0.05) is 0 Å². The van der Waals surface area contributed by atoms with Gasteiger partial charge in [-0.05, 0) is 6.42 Å². The molecule has 116 valence electrons. The van der Waals surface area contributed by atoms with Gasteiger partial charge in [0.2, 0.25) is 0 Å². The van der Waals surface area contributed by atoms with Gasteiger partial charge in [0, 0.05) is 0 Å². The van der Waals surface area contributed by atoms with Crippen molar-refractivity contribution in [1.82, 2.24) is 0 Å². The molecule has 1 saturated heterocycles. The fourth-order valence-electron chi connectivity index (χ4n) is 3.07. The van der Waals surface area contributed by atoms with Crippen LogP contribution in [0.2, 0.25) is 0 Å². The molecule has 1 aliphatic carbocycles. The largest absolute Gasteiger partial charge is 0.454 e. The molecule has 5 nitrogen and oxygen atoms in total. The lowest BCUT2D eigenvalue weighted by atomic mass is 9.82. The average molecular weight is 330 g/mol. The van der Waals surface area contributed by atoms with Gasteiger partial charge in [0.1, 0.15) is 6.04 Å². The van der Waals surface area contributed by atoms with E-state index in [4.69, 9.17) is 11.6 Å². The number of alkyl halides is 7. The average Bonchev–Trinajstić information content (AvgIpc) is 2.66. The van der Waals surface area contributed by atoms with Crippen LogP contribution >= 0.6 is 11.6 Å². The molecule has 1 aliphatic heterocycles. The van der Waals surface area contributed by atoms with Gasteiger partial charge in [-0.25, -0.2) is 0 Å². The maximum atomic E-state index is 12.9. The first-order valence-corrected chi connectivity index (χ1v) is 5.80. The van der Waals surface area contributed by atoms with Crippen molar-refractivity contribution in [3.8, 4) is 0 Å². The third-order valence-electron chi connectivity index (χ3n) is 3.87. The molecular formula is C8H8ClF6N2O3+. The Morgan fingerprint density at radius 1 is 1.25 bits per heavy atom. The minimum atomic E-state index is -5.57. The quantitative estimate of drug-likeness (QED) is 0.356. The number of quaternary nitrogens is 1. The standard InChI is InChI=1S/C8H7ClF6N2O3/c9-4-2-1-3(20-17(18)19)5(4)16-6(2,7(10,11)12)8(13,14)15/h2-5,16H,1H2/p+1/t2-,3-,4-,5+/m1/s1. The van der Waals surface area contributed by atoms with Crippen LogP contribution in [0.15, 0.2) is 0 Å². The lowest BCUT2D eigenvalue weighted by Crippen LogP contribution is -3.07. The molecule has 0 unspecified atom stereocenters. The van der Waals surface area contributed by atoms with E-state index >= 15 is 0 Å². The van der Waals surface area contributed by atoms with E-state index in [9.17, 15) is 36.5 Å². The van der Waals surface area contributed by atoms with Crippen molar-refractivity contribution < 1.29 is 41.6 Å². The SMILES string of the molecule is O=[N+]([O-])O[C@@H]1C[C@@H]2[C@@H](Cl)[C@H]1[NH2+]C2(C(F)(F)F)C(F)(F)F. The van der Waals surface area contributed by atoms with Crippen molar-refractivity contribution in [3.05, 3.63) is 10.1 Å². The second-order valence-corrected chi connectivity index (χ2v) is 5.27. The maximum absolute atomic E-state index is 12.9. The topological polar surface area (TPSA) is 69.0 Å². The van der Waals surface area contributed by atoms with Crippen molar-refractivity contribution in [2.75, 3.05) is 0 Å². The fraction of sp³-hybridized carbons (Fsp3) is 1.00. The Bertz CT molecular complexity index is 413. The minimum absolute atomic E-state index is 0.0208. The van der Waals surface area contributed by atoms with Crippen LogP contribution in [0.5, 0.6) is 0 Å². The van der Waals surface area contributed by atoms with Gasteiger partial charge in [0.05, 0.1) is 11.3 Å². The van der Waals surface area contributed by atoms with E-state index in [1.807, 2.05) is 0 Å². The van der Waals surface area contributed by atoms with Crippen molar-refractivity contribution >= 4 is 11.6 Å². The molecular weight excluding hydrogens is 322 g/mol. The molecule has 0 aromatic rings. The van der Waals surface area contributed by atoms with E-state index in [2.05, 4.69) is 4.84 Å². The second kappa shape index (κ2) is 4.26. The number of halogens is 7. The lowest BCUT2D eigenvalue weighted by Gasteiger charge is -2.38. The van der Waals surface area contributed by atoms with Gasteiger partial charge in [-0.2, -0.15) is 26.3 Å². The molecule has 2 bridgehead atoms. The second-order valence-electron chi connectivity index (χ2n) is 4.76. The van der Waals surface area contributed by atoms with Crippen molar-refractivity contribution in [2.24, 2.45) is 5.92 Å². The first kappa shape index (κ1) is 15.4. The third-order valence-corrected chi connectivity index (χ3v) is 4.46. The highest BCUT2D eigenvalue weighted by molar-refractivity contribution is 6.21. The van der Waals surface area contributed by atoms with Gasteiger partial charge in [0.25, 0.3) is 10.6 Å². The van der Waals surface area contributed by atoms with Crippen LogP contribution in [-0.2, 0) is 4.84 Å². The number of rotatable bonds is 2. The molecule has 2 rings (SSSR count). The van der Waals surface area contributed by atoms with Crippen LogP contribution in [0, 0.1) is 16.0 Å². The van der Waals surface area contributed by atoms with E-state index in [0.29, 0.717) is 0 Å². The van der Waals surface area contributed by atoms with Crippen LogP contribution < -0.4 is 5.32 Å². The van der Waals surface area contributed by atoms with Crippen LogP contribution in [0.4, 0.5) is 26.3 Å². The van der Waals surface area contributed by atoms with E-state index in [1.165, 1.54) is 0 Å². The first-order valence-electron chi connectivity index (χ1n) is 5.36. The third kappa shape index (κ3) is 1.90. The fourth-order valence-corrected chi connectivity index (χ4v) is 3.60. The Kier molecular flexibility index (Phi) is 3.29. The molecule has 0 spiro atoms. The molecule has 4 atom stereocenters. The van der Waals surface area contributed by atoms with Crippen LogP contribution in [0.1, 0.15) is 6.42 Å². The summed E-state index contributed by atoms with van der Waals surface area (Å²) < 4.78 is 77.7. The number of nitrogens with two attached hydrogens (primary N) is 1. The van der Waals surface area contributed by atoms with E-state index in [-0.39, 0.29) is 5.32 Å². The first-order chi connectivity index (χ1) is 8.92. The summed E-state index contributed by atoms with van der Waals surface area (Å²) in [6, 6.07) is -1.48. The zero-order chi connectivity index (χ0) is 15.5. The Hall–Kier alpha value is -0.970. The Morgan fingerprint density at radius 3 is 2.05 bits per heavy atom. The van der Waals surface area contributed by atoms with Crippen molar-refractivity contribution in [2.45, 2.75) is 41.8 Å². The number of hydrogen-bond donors (Lipinski definition) is 1. The molecule has 0 amide bonds. The number of piperidine rings is 1. The molecule has 1 heterocycles. The summed E-state index contributed by atoms with van der Waals surface area (Å²) in [7, 11) is 0. The summed E-state index contributed by atoms with van der Waals surface area (Å²) in [6.45, 7) is 0. The van der Waals surface area contributed by atoms with Crippen molar-refractivity contribution in [3.63, 3.8) is 0 Å².